The summed E-state index contributed by atoms with van der Waals surface area (Å²) in [5, 5.41) is 20.7. The van der Waals surface area contributed by atoms with Gasteiger partial charge in [0.15, 0.2) is 0 Å². The van der Waals surface area contributed by atoms with Crippen molar-refractivity contribution in [3.8, 4) is 11.3 Å². The van der Waals surface area contributed by atoms with Crippen LogP contribution in [0.25, 0.3) is 22.2 Å². The minimum absolute atomic E-state index is 0.285. The number of carboxylic acid groups (broad SMARTS) is 1. The first-order chi connectivity index (χ1) is 18.5. The third-order valence-electron chi connectivity index (χ3n) is 9.25. The molecule has 1 unspecified atom stereocenters. The van der Waals surface area contributed by atoms with E-state index in [4.69, 9.17) is 0 Å². The van der Waals surface area contributed by atoms with Gasteiger partial charge in [-0.15, -0.1) is 0 Å². The number of nitrogens with zero attached hydrogens (tertiary/aromatic N) is 3. The molecule has 6 rings (SSSR count). The summed E-state index contributed by atoms with van der Waals surface area (Å²) in [6.45, 7) is 8.25. The van der Waals surface area contributed by atoms with Crippen molar-refractivity contribution < 1.29 is 15.0 Å². The van der Waals surface area contributed by atoms with Crippen molar-refractivity contribution in [2.75, 3.05) is 44.2 Å². The van der Waals surface area contributed by atoms with Crippen molar-refractivity contribution in [3.63, 3.8) is 0 Å². The molecular weight excluding hydrogens is 474 g/mol. The molecule has 202 valence electrons. The van der Waals surface area contributed by atoms with Gasteiger partial charge in [0.25, 0.3) is 0 Å². The van der Waals surface area contributed by atoms with Gasteiger partial charge in [-0.2, -0.15) is 0 Å². The van der Waals surface area contributed by atoms with E-state index >= 15 is 0 Å². The number of carbonyl (C=O) groups is 1. The number of fused-ring (bicyclic) bond motifs is 5. The lowest BCUT2D eigenvalue weighted by atomic mass is 9.81. The monoisotopic (exact) mass is 515 g/mol. The summed E-state index contributed by atoms with van der Waals surface area (Å²) in [4.78, 5) is 17.0. The molecule has 6 nitrogen and oxygen atoms in total. The highest BCUT2D eigenvalue weighted by Gasteiger charge is 2.31. The molecule has 38 heavy (non-hydrogen) atoms. The van der Waals surface area contributed by atoms with E-state index in [2.05, 4.69) is 45.6 Å². The summed E-state index contributed by atoms with van der Waals surface area (Å²) >= 11 is 0. The molecule has 1 aromatic heterocycles. The van der Waals surface area contributed by atoms with E-state index in [1.807, 2.05) is 6.07 Å². The molecule has 1 saturated carbocycles. The fourth-order valence-electron chi connectivity index (χ4n) is 7.28. The van der Waals surface area contributed by atoms with Crippen LogP contribution >= 0.6 is 0 Å². The number of benzene rings is 2. The summed E-state index contributed by atoms with van der Waals surface area (Å²) in [5.41, 5.74) is 8.03. The van der Waals surface area contributed by atoms with E-state index in [-0.39, 0.29) is 6.61 Å². The van der Waals surface area contributed by atoms with E-state index in [0.29, 0.717) is 17.4 Å². The van der Waals surface area contributed by atoms with Crippen LogP contribution in [0.4, 0.5) is 5.69 Å². The second-order valence-electron chi connectivity index (χ2n) is 11.8. The number of rotatable bonds is 6. The lowest BCUT2D eigenvalue weighted by molar-refractivity contribution is 0.0697. The molecule has 1 aliphatic carbocycles. The van der Waals surface area contributed by atoms with E-state index in [9.17, 15) is 15.0 Å². The van der Waals surface area contributed by atoms with Gasteiger partial charge in [-0.3, -0.25) is 0 Å². The maximum atomic E-state index is 11.9. The Morgan fingerprint density at radius 1 is 0.947 bits per heavy atom. The number of piperidine rings is 1. The lowest BCUT2D eigenvalue weighted by Crippen LogP contribution is -2.42. The number of hydrogen-bond acceptors (Lipinski definition) is 4. The fourth-order valence-corrected chi connectivity index (χ4v) is 7.28. The van der Waals surface area contributed by atoms with Crippen molar-refractivity contribution in [1.82, 2.24) is 9.47 Å². The molecule has 0 spiro atoms. The number of aliphatic hydroxyl groups excluding tert-OH is 1. The van der Waals surface area contributed by atoms with Gasteiger partial charge in [-0.05, 0) is 80.3 Å². The molecule has 2 aromatic carbocycles. The molecule has 0 bridgehead atoms. The van der Waals surface area contributed by atoms with Crippen LogP contribution in [0.1, 0.15) is 72.3 Å². The molecule has 6 heteroatoms. The van der Waals surface area contributed by atoms with E-state index in [1.54, 1.807) is 6.07 Å². The highest BCUT2D eigenvalue weighted by molar-refractivity contribution is 5.99. The quantitative estimate of drug-likeness (QED) is 0.429. The third kappa shape index (κ3) is 4.73. The summed E-state index contributed by atoms with van der Waals surface area (Å²) in [6, 6.07) is 12.7. The number of anilines is 1. The van der Waals surface area contributed by atoms with E-state index in [1.165, 1.54) is 65.6 Å². The zero-order valence-electron chi connectivity index (χ0n) is 22.7. The number of hydrogen-bond donors (Lipinski definition) is 2. The molecule has 3 aliphatic rings. The number of aromatic carboxylic acids is 1. The molecule has 3 aromatic rings. The normalized spacial score (nSPS) is 20.8. The van der Waals surface area contributed by atoms with Crippen molar-refractivity contribution in [2.24, 2.45) is 5.92 Å². The number of aryl methyl sites for hydroxylation is 1. The van der Waals surface area contributed by atoms with Gasteiger partial charge in [0.2, 0.25) is 0 Å². The molecule has 2 aliphatic heterocycles. The van der Waals surface area contributed by atoms with Gasteiger partial charge in [-0.1, -0.05) is 37.5 Å². The van der Waals surface area contributed by atoms with Crippen molar-refractivity contribution in [3.05, 3.63) is 53.1 Å². The van der Waals surface area contributed by atoms with Crippen LogP contribution in [0.3, 0.4) is 0 Å². The molecule has 0 amide bonds. The Balaban J connectivity index is 1.43. The van der Waals surface area contributed by atoms with Crippen LogP contribution in [-0.2, 0) is 6.54 Å². The molecule has 0 radical (unpaired) electrons. The third-order valence-corrected chi connectivity index (χ3v) is 9.25. The van der Waals surface area contributed by atoms with Gasteiger partial charge in [0.05, 0.1) is 11.3 Å². The zero-order valence-corrected chi connectivity index (χ0v) is 22.7. The summed E-state index contributed by atoms with van der Waals surface area (Å²) < 4.78 is 2.43. The lowest BCUT2D eigenvalue weighted by Gasteiger charge is -2.34. The Labute approximate surface area is 225 Å². The molecule has 3 heterocycles. The van der Waals surface area contributed by atoms with Crippen molar-refractivity contribution in [2.45, 2.75) is 64.3 Å². The second kappa shape index (κ2) is 10.7. The molecular formula is C32H41N3O3. The van der Waals surface area contributed by atoms with Crippen LogP contribution in [-0.4, -0.2) is 65.0 Å². The largest absolute Gasteiger partial charge is 0.478 e. The van der Waals surface area contributed by atoms with E-state index < -0.39 is 5.97 Å². The first-order valence-corrected chi connectivity index (χ1v) is 14.6. The van der Waals surface area contributed by atoms with Gasteiger partial charge >= 0.3 is 5.97 Å². The average molecular weight is 516 g/mol. The highest BCUT2D eigenvalue weighted by atomic mass is 16.4. The van der Waals surface area contributed by atoms with Crippen LogP contribution in [0.2, 0.25) is 0 Å². The SMILES string of the molecule is Cc1ccc2c(c1)N(CCN1CCCC(CO)C1)CCn1c-2c(C2CCCCC2)c2ccc(C(=O)O)cc21. The Kier molecular flexibility index (Phi) is 7.19. The Morgan fingerprint density at radius 3 is 2.58 bits per heavy atom. The Morgan fingerprint density at radius 2 is 1.79 bits per heavy atom. The van der Waals surface area contributed by atoms with Crippen molar-refractivity contribution >= 4 is 22.6 Å². The molecule has 2 fully saturated rings. The predicted octanol–water partition coefficient (Wildman–Crippen LogP) is 5.89. The topological polar surface area (TPSA) is 68.9 Å². The summed E-state index contributed by atoms with van der Waals surface area (Å²) in [7, 11) is 0. The Bertz CT molecular complexity index is 1320. The van der Waals surface area contributed by atoms with Crippen LogP contribution in [0.5, 0.6) is 0 Å². The summed E-state index contributed by atoms with van der Waals surface area (Å²) in [6.07, 6.45) is 8.55. The van der Waals surface area contributed by atoms with Crippen LogP contribution in [0, 0.1) is 12.8 Å². The second-order valence-corrected chi connectivity index (χ2v) is 11.8. The maximum absolute atomic E-state index is 11.9. The van der Waals surface area contributed by atoms with Crippen molar-refractivity contribution in [1.29, 1.82) is 0 Å². The van der Waals surface area contributed by atoms with Gasteiger partial charge in [0, 0.05) is 61.5 Å². The fraction of sp³-hybridized carbons (Fsp3) is 0.531. The number of carboxylic acids is 1. The van der Waals surface area contributed by atoms with Crippen LogP contribution in [0.15, 0.2) is 36.4 Å². The standard InChI is InChI=1S/C32H41N3O3/c1-22-9-11-27-28(18-22)34(15-14-33-13-5-6-23(20-33)21-36)16-17-35-29-19-25(32(37)38)10-12-26(29)30(31(27)35)24-7-3-2-4-8-24/h9-12,18-19,23-24,36H,2-8,13-17,20-21H2,1H3,(H,37,38). The maximum Gasteiger partial charge on any atom is 0.335 e. The van der Waals surface area contributed by atoms with Crippen LogP contribution < -0.4 is 4.90 Å². The minimum Gasteiger partial charge on any atom is -0.478 e. The molecule has 1 atom stereocenters. The molecule has 1 saturated heterocycles. The number of aliphatic hydroxyl groups is 1. The predicted molar refractivity (Wildman–Crippen MR) is 153 cm³/mol. The first kappa shape index (κ1) is 25.4. The van der Waals surface area contributed by atoms with E-state index in [0.717, 1.165) is 57.6 Å². The van der Waals surface area contributed by atoms with Gasteiger partial charge < -0.3 is 24.6 Å². The van der Waals surface area contributed by atoms with Gasteiger partial charge in [-0.25, -0.2) is 4.79 Å². The highest BCUT2D eigenvalue weighted by Crippen LogP contribution is 2.47. The number of aromatic nitrogens is 1. The average Bonchev–Trinajstić information content (AvgIpc) is 3.18. The smallest absolute Gasteiger partial charge is 0.335 e. The summed E-state index contributed by atoms with van der Waals surface area (Å²) in [5.74, 6) is 0.0503. The first-order valence-electron chi connectivity index (χ1n) is 14.6. The zero-order chi connectivity index (χ0) is 26.2. The molecule has 2 N–H and O–H groups in total. The number of likely N-dealkylation sites (tertiary alicyclic amines) is 1. The van der Waals surface area contributed by atoms with Gasteiger partial charge in [0.1, 0.15) is 0 Å². The Hall–Kier alpha value is -2.83. The minimum atomic E-state index is -0.865.